The van der Waals surface area contributed by atoms with Gasteiger partial charge in [-0.05, 0) is 19.8 Å². The van der Waals surface area contributed by atoms with E-state index in [2.05, 4.69) is 26.1 Å². The molecule has 0 saturated carbocycles. The molecule has 0 amide bonds. The standard InChI is InChI=1S/C9H21NO/c1-7(2)10-6-8(3)9(4,5)11/h7-8,10-11H,6H2,1-5H3. The highest BCUT2D eigenvalue weighted by molar-refractivity contribution is 4.75. The van der Waals surface area contributed by atoms with Crippen molar-refractivity contribution >= 4 is 0 Å². The SMILES string of the molecule is CC(C)NCC(C)C(C)(C)O. The molecule has 0 aromatic heterocycles. The second kappa shape index (κ2) is 4.07. The topological polar surface area (TPSA) is 32.3 Å². The zero-order valence-corrected chi connectivity index (χ0v) is 8.31. The summed E-state index contributed by atoms with van der Waals surface area (Å²) < 4.78 is 0. The fourth-order valence-electron chi connectivity index (χ4n) is 0.662. The van der Waals surface area contributed by atoms with Gasteiger partial charge in [-0.25, -0.2) is 0 Å². The van der Waals surface area contributed by atoms with E-state index in [0.29, 0.717) is 12.0 Å². The van der Waals surface area contributed by atoms with Gasteiger partial charge in [-0.3, -0.25) is 0 Å². The van der Waals surface area contributed by atoms with Gasteiger partial charge < -0.3 is 10.4 Å². The quantitative estimate of drug-likeness (QED) is 0.649. The van der Waals surface area contributed by atoms with Crippen molar-refractivity contribution in [3.63, 3.8) is 0 Å². The molecule has 0 radical (unpaired) electrons. The van der Waals surface area contributed by atoms with Crippen LogP contribution in [0.25, 0.3) is 0 Å². The molecule has 0 spiro atoms. The molecule has 2 heteroatoms. The lowest BCUT2D eigenvalue weighted by atomic mass is 9.93. The van der Waals surface area contributed by atoms with E-state index in [-0.39, 0.29) is 0 Å². The van der Waals surface area contributed by atoms with Gasteiger partial charge in [0, 0.05) is 12.6 Å². The van der Waals surface area contributed by atoms with Crippen molar-refractivity contribution in [1.82, 2.24) is 5.32 Å². The van der Waals surface area contributed by atoms with E-state index >= 15 is 0 Å². The third-order valence-electron chi connectivity index (χ3n) is 2.04. The van der Waals surface area contributed by atoms with Crippen LogP contribution in [0.15, 0.2) is 0 Å². The van der Waals surface area contributed by atoms with Gasteiger partial charge in [-0.1, -0.05) is 20.8 Å². The third kappa shape index (κ3) is 5.22. The Morgan fingerprint density at radius 3 is 2.00 bits per heavy atom. The molecule has 0 aromatic carbocycles. The molecule has 0 saturated heterocycles. The van der Waals surface area contributed by atoms with Crippen LogP contribution in [-0.2, 0) is 0 Å². The molecule has 0 aliphatic rings. The van der Waals surface area contributed by atoms with E-state index < -0.39 is 5.60 Å². The molecule has 0 bridgehead atoms. The molecule has 0 aromatic rings. The molecule has 0 aliphatic carbocycles. The first-order valence-electron chi connectivity index (χ1n) is 4.29. The van der Waals surface area contributed by atoms with Crippen LogP contribution in [0.2, 0.25) is 0 Å². The van der Waals surface area contributed by atoms with Crippen molar-refractivity contribution in [2.24, 2.45) is 5.92 Å². The monoisotopic (exact) mass is 159 g/mol. The molecule has 0 heterocycles. The van der Waals surface area contributed by atoms with Gasteiger partial charge in [-0.2, -0.15) is 0 Å². The summed E-state index contributed by atoms with van der Waals surface area (Å²) in [4.78, 5) is 0. The normalized spacial score (nSPS) is 15.5. The van der Waals surface area contributed by atoms with Gasteiger partial charge in [0.1, 0.15) is 0 Å². The molecule has 2 N–H and O–H groups in total. The number of hydrogen-bond acceptors (Lipinski definition) is 2. The van der Waals surface area contributed by atoms with Crippen LogP contribution in [0, 0.1) is 5.92 Å². The molecule has 0 rings (SSSR count). The van der Waals surface area contributed by atoms with E-state index in [1.807, 2.05) is 13.8 Å². The van der Waals surface area contributed by atoms with Gasteiger partial charge in [0.2, 0.25) is 0 Å². The van der Waals surface area contributed by atoms with Gasteiger partial charge >= 0.3 is 0 Å². The summed E-state index contributed by atoms with van der Waals surface area (Å²) >= 11 is 0. The number of nitrogens with one attached hydrogen (secondary N) is 1. The fourth-order valence-corrected chi connectivity index (χ4v) is 0.662. The summed E-state index contributed by atoms with van der Waals surface area (Å²) in [5, 5.41) is 12.9. The lowest BCUT2D eigenvalue weighted by Gasteiger charge is -2.26. The van der Waals surface area contributed by atoms with Crippen LogP contribution in [-0.4, -0.2) is 23.3 Å². The minimum absolute atomic E-state index is 0.296. The minimum Gasteiger partial charge on any atom is -0.390 e. The fraction of sp³-hybridized carbons (Fsp3) is 1.00. The zero-order valence-electron chi connectivity index (χ0n) is 8.31. The molecular weight excluding hydrogens is 138 g/mol. The van der Waals surface area contributed by atoms with Crippen LogP contribution < -0.4 is 5.32 Å². The largest absolute Gasteiger partial charge is 0.390 e. The van der Waals surface area contributed by atoms with Crippen LogP contribution in [0.1, 0.15) is 34.6 Å². The smallest absolute Gasteiger partial charge is 0.0629 e. The van der Waals surface area contributed by atoms with Gasteiger partial charge in [0.15, 0.2) is 0 Å². The molecule has 2 nitrogen and oxygen atoms in total. The molecular formula is C9H21NO. The lowest BCUT2D eigenvalue weighted by Crippen LogP contribution is -2.38. The van der Waals surface area contributed by atoms with Crippen molar-refractivity contribution in [2.75, 3.05) is 6.54 Å². The van der Waals surface area contributed by atoms with Crippen LogP contribution >= 0.6 is 0 Å². The van der Waals surface area contributed by atoms with Crippen molar-refractivity contribution in [1.29, 1.82) is 0 Å². The molecule has 1 unspecified atom stereocenters. The summed E-state index contributed by atoms with van der Waals surface area (Å²) in [6.07, 6.45) is 0. The zero-order chi connectivity index (χ0) is 9.07. The number of rotatable bonds is 4. The summed E-state index contributed by atoms with van der Waals surface area (Å²) in [5.74, 6) is 0.296. The summed E-state index contributed by atoms with van der Waals surface area (Å²) in [6.45, 7) is 10.8. The Bertz CT molecular complexity index is 105. The van der Waals surface area contributed by atoms with E-state index in [1.165, 1.54) is 0 Å². The summed E-state index contributed by atoms with van der Waals surface area (Å²) in [6, 6.07) is 0.500. The maximum atomic E-state index is 9.56. The predicted octanol–water partition coefficient (Wildman–Crippen LogP) is 1.39. The Kier molecular flexibility index (Phi) is 4.04. The Labute approximate surface area is 70.0 Å². The highest BCUT2D eigenvalue weighted by atomic mass is 16.3. The Morgan fingerprint density at radius 1 is 1.27 bits per heavy atom. The van der Waals surface area contributed by atoms with E-state index in [9.17, 15) is 5.11 Å². The van der Waals surface area contributed by atoms with Crippen molar-refractivity contribution < 1.29 is 5.11 Å². The first-order valence-corrected chi connectivity index (χ1v) is 4.29. The van der Waals surface area contributed by atoms with Crippen LogP contribution in [0.5, 0.6) is 0 Å². The summed E-state index contributed by atoms with van der Waals surface area (Å²) in [5.41, 5.74) is -0.568. The van der Waals surface area contributed by atoms with E-state index in [1.54, 1.807) is 0 Å². The van der Waals surface area contributed by atoms with E-state index in [4.69, 9.17) is 0 Å². The maximum absolute atomic E-state index is 9.56. The van der Waals surface area contributed by atoms with Crippen molar-refractivity contribution in [3.8, 4) is 0 Å². The Balaban J connectivity index is 3.61. The minimum atomic E-state index is -0.568. The average Bonchev–Trinajstić information content (AvgIpc) is 1.80. The lowest BCUT2D eigenvalue weighted by molar-refractivity contribution is 0.0245. The van der Waals surface area contributed by atoms with Gasteiger partial charge in [-0.15, -0.1) is 0 Å². The van der Waals surface area contributed by atoms with Crippen LogP contribution in [0.3, 0.4) is 0 Å². The molecule has 0 fully saturated rings. The highest BCUT2D eigenvalue weighted by Crippen LogP contribution is 2.14. The van der Waals surface area contributed by atoms with Crippen molar-refractivity contribution in [3.05, 3.63) is 0 Å². The predicted molar refractivity (Wildman–Crippen MR) is 48.6 cm³/mol. The maximum Gasteiger partial charge on any atom is 0.0629 e. The molecule has 68 valence electrons. The first-order chi connectivity index (χ1) is 4.84. The Morgan fingerprint density at radius 2 is 1.73 bits per heavy atom. The second-order valence-corrected chi connectivity index (χ2v) is 4.12. The van der Waals surface area contributed by atoms with Crippen LogP contribution in [0.4, 0.5) is 0 Å². The highest BCUT2D eigenvalue weighted by Gasteiger charge is 2.21. The molecule has 11 heavy (non-hydrogen) atoms. The molecule has 0 aliphatic heterocycles. The Hall–Kier alpha value is -0.0800. The average molecular weight is 159 g/mol. The number of hydrogen-bond donors (Lipinski definition) is 2. The molecule has 1 atom stereocenters. The number of aliphatic hydroxyl groups is 1. The van der Waals surface area contributed by atoms with Gasteiger partial charge in [0.05, 0.1) is 5.60 Å². The van der Waals surface area contributed by atoms with Crippen molar-refractivity contribution in [2.45, 2.75) is 46.3 Å². The summed E-state index contributed by atoms with van der Waals surface area (Å²) in [7, 11) is 0. The second-order valence-electron chi connectivity index (χ2n) is 4.12. The first kappa shape index (κ1) is 10.9. The van der Waals surface area contributed by atoms with E-state index in [0.717, 1.165) is 6.54 Å². The third-order valence-corrected chi connectivity index (χ3v) is 2.04. The van der Waals surface area contributed by atoms with Gasteiger partial charge in [0.25, 0.3) is 0 Å².